The molecule has 1 aromatic carbocycles. The molecule has 6 heteroatoms. The number of benzene rings is 1. The fraction of sp³-hybridized carbons (Fsp3) is 0.412. The van der Waals surface area contributed by atoms with E-state index < -0.39 is 0 Å². The first-order chi connectivity index (χ1) is 10.3. The molecule has 0 radical (unpaired) electrons. The molecule has 3 heterocycles. The van der Waals surface area contributed by atoms with E-state index in [1.807, 2.05) is 35.2 Å². The maximum atomic E-state index is 12.8. The molecule has 2 unspecified atom stereocenters. The van der Waals surface area contributed by atoms with Crippen LogP contribution in [0.15, 0.2) is 36.5 Å². The number of pyridine rings is 1. The van der Waals surface area contributed by atoms with E-state index in [9.17, 15) is 4.79 Å². The van der Waals surface area contributed by atoms with Gasteiger partial charge in [0.15, 0.2) is 0 Å². The number of fused-ring (bicyclic) bond motifs is 2. The number of carbonyl (C=O) groups excluding carboxylic acids is 1. The topological polar surface area (TPSA) is 45.2 Å². The average Bonchev–Trinajstić information content (AvgIpc) is 3.01. The van der Waals surface area contributed by atoms with Gasteiger partial charge in [-0.25, -0.2) is 0 Å². The van der Waals surface area contributed by atoms with Crippen molar-refractivity contribution in [2.24, 2.45) is 11.8 Å². The third-order valence-electron chi connectivity index (χ3n) is 4.87. The van der Waals surface area contributed by atoms with Crippen LogP contribution in [0.2, 0.25) is 0 Å². The highest BCUT2D eigenvalue weighted by Crippen LogP contribution is 2.28. The highest BCUT2D eigenvalue weighted by Gasteiger charge is 2.35. The second-order valence-electron chi connectivity index (χ2n) is 6.10. The lowest BCUT2D eigenvalue weighted by Gasteiger charge is -2.34. The summed E-state index contributed by atoms with van der Waals surface area (Å²) in [7, 11) is 0. The number of hydrogen-bond acceptors (Lipinski definition) is 3. The van der Waals surface area contributed by atoms with Gasteiger partial charge in [-0.05, 0) is 42.8 Å². The van der Waals surface area contributed by atoms with Gasteiger partial charge >= 0.3 is 0 Å². The van der Waals surface area contributed by atoms with E-state index >= 15 is 0 Å². The number of aromatic nitrogens is 1. The van der Waals surface area contributed by atoms with Crippen LogP contribution in [0.4, 0.5) is 0 Å². The van der Waals surface area contributed by atoms with Crippen LogP contribution in [0.3, 0.4) is 0 Å². The maximum Gasteiger partial charge on any atom is 0.273 e. The number of rotatable bonds is 1. The van der Waals surface area contributed by atoms with Gasteiger partial charge in [0.25, 0.3) is 5.91 Å². The summed E-state index contributed by atoms with van der Waals surface area (Å²) in [6, 6.07) is 9.93. The summed E-state index contributed by atoms with van der Waals surface area (Å²) in [4.78, 5) is 19.2. The number of nitrogens with one attached hydrogen (secondary N) is 1. The second kappa shape index (κ2) is 7.47. The molecular weight excluding hydrogens is 333 g/mol. The lowest BCUT2D eigenvalue weighted by Crippen LogP contribution is -2.43. The third-order valence-corrected chi connectivity index (χ3v) is 4.87. The minimum Gasteiger partial charge on any atom is -0.337 e. The van der Waals surface area contributed by atoms with E-state index in [0.717, 1.165) is 49.3 Å². The van der Waals surface area contributed by atoms with Crippen molar-refractivity contribution < 1.29 is 4.79 Å². The number of halogens is 2. The van der Waals surface area contributed by atoms with Crippen molar-refractivity contribution in [2.45, 2.75) is 6.42 Å². The van der Waals surface area contributed by atoms with Crippen LogP contribution in [0.1, 0.15) is 16.9 Å². The molecule has 124 valence electrons. The normalized spacial score (nSPS) is 22.9. The number of carbonyl (C=O) groups is 1. The van der Waals surface area contributed by atoms with Gasteiger partial charge in [0.1, 0.15) is 5.69 Å². The molecule has 0 aliphatic carbocycles. The van der Waals surface area contributed by atoms with E-state index in [1.165, 1.54) is 0 Å². The quantitative estimate of drug-likeness (QED) is 0.857. The van der Waals surface area contributed by atoms with Gasteiger partial charge in [0, 0.05) is 24.7 Å². The van der Waals surface area contributed by atoms with Crippen molar-refractivity contribution in [3.8, 4) is 0 Å². The Kier molecular flexibility index (Phi) is 5.84. The smallest absolute Gasteiger partial charge is 0.273 e. The predicted molar refractivity (Wildman–Crippen MR) is 96.6 cm³/mol. The Morgan fingerprint density at radius 2 is 1.91 bits per heavy atom. The fourth-order valence-electron chi connectivity index (χ4n) is 3.66. The number of likely N-dealkylation sites (tertiary alicyclic amines) is 1. The second-order valence-corrected chi connectivity index (χ2v) is 6.10. The summed E-state index contributed by atoms with van der Waals surface area (Å²) in [6.07, 6.45) is 2.84. The number of piperidine rings is 1. The molecule has 1 amide bonds. The molecule has 2 atom stereocenters. The molecule has 2 aliphatic rings. The van der Waals surface area contributed by atoms with Crippen LogP contribution in [0.5, 0.6) is 0 Å². The number of amides is 1. The van der Waals surface area contributed by atoms with Gasteiger partial charge in [-0.2, -0.15) is 0 Å². The molecule has 4 rings (SSSR count). The summed E-state index contributed by atoms with van der Waals surface area (Å²) < 4.78 is 0. The van der Waals surface area contributed by atoms with E-state index in [0.29, 0.717) is 11.6 Å². The molecule has 2 aromatic rings. The summed E-state index contributed by atoms with van der Waals surface area (Å²) in [5, 5.41) is 5.47. The molecule has 1 N–H and O–H groups in total. The average molecular weight is 354 g/mol. The molecule has 23 heavy (non-hydrogen) atoms. The van der Waals surface area contributed by atoms with Crippen LogP contribution < -0.4 is 5.32 Å². The Hall–Kier alpha value is -1.36. The molecule has 0 spiro atoms. The zero-order chi connectivity index (χ0) is 14.2. The molecule has 2 fully saturated rings. The van der Waals surface area contributed by atoms with Crippen molar-refractivity contribution in [2.75, 3.05) is 26.2 Å². The number of nitrogens with zero attached hydrogens (tertiary/aromatic N) is 2. The summed E-state index contributed by atoms with van der Waals surface area (Å²) in [5.74, 6) is 1.43. The van der Waals surface area contributed by atoms with Gasteiger partial charge in [0.05, 0.1) is 0 Å². The number of hydrogen-bond donors (Lipinski definition) is 1. The van der Waals surface area contributed by atoms with E-state index in [-0.39, 0.29) is 30.7 Å². The molecule has 0 bridgehead atoms. The van der Waals surface area contributed by atoms with Crippen LogP contribution >= 0.6 is 24.8 Å². The van der Waals surface area contributed by atoms with Crippen LogP contribution in [-0.4, -0.2) is 42.0 Å². The van der Waals surface area contributed by atoms with E-state index in [4.69, 9.17) is 0 Å². The molecular formula is C17H21Cl2N3O. The molecule has 0 saturated carbocycles. The van der Waals surface area contributed by atoms with Crippen molar-refractivity contribution in [1.82, 2.24) is 15.2 Å². The Morgan fingerprint density at radius 3 is 2.78 bits per heavy atom. The Labute approximate surface area is 148 Å². The van der Waals surface area contributed by atoms with E-state index in [1.54, 1.807) is 6.20 Å². The standard InChI is InChI=1S/C17H19N3O.2ClH/c21-17(20-8-6-13-9-18-10-14(13)11-20)16-15-4-2-1-3-12(15)5-7-19-16;;/h1-5,7,13-14,18H,6,8-11H2;2*1H. The molecule has 2 aliphatic heterocycles. The van der Waals surface area contributed by atoms with Crippen molar-refractivity contribution in [3.63, 3.8) is 0 Å². The minimum atomic E-state index is 0. The SMILES string of the molecule is Cl.Cl.O=C(c1nccc2ccccc12)N1CCC2CNCC2C1. The molecule has 1 aromatic heterocycles. The van der Waals surface area contributed by atoms with Gasteiger partial charge < -0.3 is 10.2 Å². The minimum absolute atomic E-state index is 0. The highest BCUT2D eigenvalue weighted by molar-refractivity contribution is 6.05. The summed E-state index contributed by atoms with van der Waals surface area (Å²) in [5.41, 5.74) is 0.595. The zero-order valence-electron chi connectivity index (χ0n) is 12.8. The van der Waals surface area contributed by atoms with Crippen LogP contribution in [0, 0.1) is 11.8 Å². The Balaban J connectivity index is 0.000000960. The Morgan fingerprint density at radius 1 is 1.13 bits per heavy atom. The zero-order valence-corrected chi connectivity index (χ0v) is 14.4. The van der Waals surface area contributed by atoms with Gasteiger partial charge in [-0.15, -0.1) is 24.8 Å². The molecule has 4 nitrogen and oxygen atoms in total. The largest absolute Gasteiger partial charge is 0.337 e. The highest BCUT2D eigenvalue weighted by atomic mass is 35.5. The lowest BCUT2D eigenvalue weighted by molar-refractivity contribution is 0.0639. The van der Waals surface area contributed by atoms with Gasteiger partial charge in [0.2, 0.25) is 0 Å². The fourth-order valence-corrected chi connectivity index (χ4v) is 3.66. The first-order valence-electron chi connectivity index (χ1n) is 7.66. The summed E-state index contributed by atoms with van der Waals surface area (Å²) >= 11 is 0. The van der Waals surface area contributed by atoms with Crippen molar-refractivity contribution >= 4 is 41.5 Å². The van der Waals surface area contributed by atoms with Crippen molar-refractivity contribution in [1.29, 1.82) is 0 Å². The van der Waals surface area contributed by atoms with Crippen LogP contribution in [-0.2, 0) is 0 Å². The first-order valence-corrected chi connectivity index (χ1v) is 7.66. The summed E-state index contributed by atoms with van der Waals surface area (Å²) in [6.45, 7) is 3.87. The maximum absolute atomic E-state index is 12.8. The molecule has 2 saturated heterocycles. The van der Waals surface area contributed by atoms with E-state index in [2.05, 4.69) is 10.3 Å². The monoisotopic (exact) mass is 353 g/mol. The van der Waals surface area contributed by atoms with Crippen LogP contribution in [0.25, 0.3) is 10.8 Å². The third kappa shape index (κ3) is 3.30. The van der Waals surface area contributed by atoms with Crippen molar-refractivity contribution in [3.05, 3.63) is 42.2 Å². The first kappa shape index (κ1) is 18.0. The van der Waals surface area contributed by atoms with Gasteiger partial charge in [-0.1, -0.05) is 24.3 Å². The Bertz CT molecular complexity index is 689. The predicted octanol–water partition coefficient (Wildman–Crippen LogP) is 2.76. The van der Waals surface area contributed by atoms with Gasteiger partial charge in [-0.3, -0.25) is 9.78 Å². The lowest BCUT2D eigenvalue weighted by atomic mass is 9.88.